The predicted molar refractivity (Wildman–Crippen MR) is 74.6 cm³/mol. The van der Waals surface area contributed by atoms with Gasteiger partial charge in [-0.1, -0.05) is 12.2 Å². The van der Waals surface area contributed by atoms with Crippen LogP contribution in [0.2, 0.25) is 0 Å². The van der Waals surface area contributed by atoms with Gasteiger partial charge in [0.05, 0.1) is 0 Å². The van der Waals surface area contributed by atoms with Gasteiger partial charge in [-0.25, -0.2) is 13.1 Å². The summed E-state index contributed by atoms with van der Waals surface area (Å²) in [5.74, 6) is 0. The standard InChI is InChI=1S/C13H16F3N3O2S/c14-13(15,16)12-5-4-11(10-17-12)22(20,21)18-6-3-9-19-7-1-2-8-19/h1-2,4-5,10,18H,3,6-9H2. The zero-order valence-corrected chi connectivity index (χ0v) is 12.5. The van der Waals surface area contributed by atoms with Gasteiger partial charge in [0.2, 0.25) is 10.0 Å². The summed E-state index contributed by atoms with van der Waals surface area (Å²) in [6.07, 6.45) is 0.833. The summed E-state index contributed by atoms with van der Waals surface area (Å²) in [6, 6.07) is 1.56. The summed E-state index contributed by atoms with van der Waals surface area (Å²) in [6.45, 7) is 2.69. The van der Waals surface area contributed by atoms with Gasteiger partial charge in [0, 0.05) is 32.4 Å². The van der Waals surface area contributed by atoms with Crippen molar-refractivity contribution in [1.82, 2.24) is 14.6 Å². The molecule has 0 saturated carbocycles. The molecule has 9 heteroatoms. The van der Waals surface area contributed by atoms with Gasteiger partial charge in [0.1, 0.15) is 10.6 Å². The highest BCUT2D eigenvalue weighted by Gasteiger charge is 2.32. The van der Waals surface area contributed by atoms with Crippen LogP contribution in [0.15, 0.2) is 35.4 Å². The third-order valence-corrected chi connectivity index (χ3v) is 4.62. The molecule has 2 rings (SSSR count). The van der Waals surface area contributed by atoms with E-state index in [0.717, 1.165) is 31.9 Å². The molecule has 0 saturated heterocycles. The second-order valence-corrected chi connectivity index (χ2v) is 6.63. The van der Waals surface area contributed by atoms with Crippen LogP contribution >= 0.6 is 0 Å². The molecule has 0 atom stereocenters. The second kappa shape index (κ2) is 6.76. The molecule has 0 fully saturated rings. The van der Waals surface area contributed by atoms with E-state index >= 15 is 0 Å². The summed E-state index contributed by atoms with van der Waals surface area (Å²) in [5.41, 5.74) is -1.12. The molecule has 1 aliphatic heterocycles. The zero-order valence-electron chi connectivity index (χ0n) is 11.7. The third kappa shape index (κ3) is 4.52. The molecule has 5 nitrogen and oxygen atoms in total. The highest BCUT2D eigenvalue weighted by molar-refractivity contribution is 7.89. The van der Waals surface area contributed by atoms with Crippen LogP contribution in [0.1, 0.15) is 12.1 Å². The highest BCUT2D eigenvalue weighted by atomic mass is 32.2. The van der Waals surface area contributed by atoms with Crippen LogP contribution in [0, 0.1) is 0 Å². The van der Waals surface area contributed by atoms with Crippen molar-refractivity contribution in [2.45, 2.75) is 17.5 Å². The topological polar surface area (TPSA) is 62.3 Å². The minimum Gasteiger partial charge on any atom is -0.296 e. The van der Waals surface area contributed by atoms with Gasteiger partial charge < -0.3 is 0 Å². The van der Waals surface area contributed by atoms with Crippen LogP contribution in [-0.2, 0) is 16.2 Å². The lowest BCUT2D eigenvalue weighted by Gasteiger charge is -2.14. The Kier molecular flexibility index (Phi) is 5.20. The molecule has 2 heterocycles. The first-order valence-corrected chi connectivity index (χ1v) is 8.17. The number of hydrogen-bond donors (Lipinski definition) is 1. The first-order valence-electron chi connectivity index (χ1n) is 6.69. The van der Waals surface area contributed by atoms with Crippen molar-refractivity contribution in [3.63, 3.8) is 0 Å². The van der Waals surface area contributed by atoms with Crippen LogP contribution in [0.5, 0.6) is 0 Å². The Balaban J connectivity index is 1.86. The van der Waals surface area contributed by atoms with Gasteiger partial charge in [-0.2, -0.15) is 13.2 Å². The molecule has 1 N–H and O–H groups in total. The lowest BCUT2D eigenvalue weighted by Crippen LogP contribution is -2.29. The maximum absolute atomic E-state index is 12.4. The Morgan fingerprint density at radius 2 is 1.91 bits per heavy atom. The Bertz CT molecular complexity index is 619. The summed E-state index contributed by atoms with van der Waals surface area (Å²) < 4.78 is 63.3. The number of nitrogens with zero attached hydrogens (tertiary/aromatic N) is 2. The van der Waals surface area contributed by atoms with Crippen molar-refractivity contribution in [3.05, 3.63) is 36.2 Å². The van der Waals surface area contributed by atoms with Crippen molar-refractivity contribution < 1.29 is 21.6 Å². The third-order valence-electron chi connectivity index (χ3n) is 3.17. The van der Waals surface area contributed by atoms with E-state index in [0.29, 0.717) is 12.5 Å². The fourth-order valence-electron chi connectivity index (χ4n) is 2.00. The zero-order chi connectivity index (χ0) is 16.2. The molecule has 0 bridgehead atoms. The number of nitrogens with one attached hydrogen (secondary N) is 1. The summed E-state index contributed by atoms with van der Waals surface area (Å²) in [5, 5.41) is 0. The number of alkyl halides is 3. The fourth-order valence-corrected chi connectivity index (χ4v) is 3.02. The summed E-state index contributed by atoms with van der Waals surface area (Å²) in [7, 11) is -3.83. The monoisotopic (exact) mass is 335 g/mol. The van der Waals surface area contributed by atoms with Crippen LogP contribution < -0.4 is 4.72 Å². The highest BCUT2D eigenvalue weighted by Crippen LogP contribution is 2.27. The molecule has 122 valence electrons. The fraction of sp³-hybridized carbons (Fsp3) is 0.462. The lowest BCUT2D eigenvalue weighted by atomic mass is 10.3. The normalized spacial score (nSPS) is 16.3. The number of hydrogen-bond acceptors (Lipinski definition) is 4. The van der Waals surface area contributed by atoms with Gasteiger partial charge in [-0.3, -0.25) is 9.88 Å². The molecular formula is C13H16F3N3O2S. The molecule has 1 aliphatic rings. The van der Waals surface area contributed by atoms with E-state index in [2.05, 4.69) is 14.6 Å². The van der Waals surface area contributed by atoms with Crippen molar-refractivity contribution in [1.29, 1.82) is 0 Å². The largest absolute Gasteiger partial charge is 0.433 e. The van der Waals surface area contributed by atoms with Crippen molar-refractivity contribution in [3.8, 4) is 0 Å². The quantitative estimate of drug-likeness (QED) is 0.634. The van der Waals surface area contributed by atoms with Crippen LogP contribution in [0.4, 0.5) is 13.2 Å². The Hall–Kier alpha value is -1.45. The van der Waals surface area contributed by atoms with Gasteiger partial charge in [0.15, 0.2) is 0 Å². The van der Waals surface area contributed by atoms with Gasteiger partial charge in [0.25, 0.3) is 0 Å². The number of sulfonamides is 1. The average molecular weight is 335 g/mol. The smallest absolute Gasteiger partial charge is 0.296 e. The van der Waals surface area contributed by atoms with E-state index in [-0.39, 0.29) is 11.4 Å². The molecular weight excluding hydrogens is 319 g/mol. The molecule has 1 aromatic rings. The van der Waals surface area contributed by atoms with E-state index in [9.17, 15) is 21.6 Å². The number of halogens is 3. The Morgan fingerprint density at radius 1 is 1.23 bits per heavy atom. The van der Waals surface area contributed by atoms with Gasteiger partial charge in [-0.05, 0) is 18.6 Å². The van der Waals surface area contributed by atoms with E-state index in [1.165, 1.54) is 0 Å². The van der Waals surface area contributed by atoms with Crippen molar-refractivity contribution >= 4 is 10.0 Å². The molecule has 0 radical (unpaired) electrons. The molecule has 0 aliphatic carbocycles. The molecule has 0 unspecified atom stereocenters. The number of rotatable bonds is 6. The van der Waals surface area contributed by atoms with E-state index in [4.69, 9.17) is 0 Å². The van der Waals surface area contributed by atoms with Gasteiger partial charge in [-0.15, -0.1) is 0 Å². The van der Waals surface area contributed by atoms with E-state index in [1.807, 2.05) is 12.2 Å². The molecule has 22 heavy (non-hydrogen) atoms. The minimum atomic E-state index is -4.58. The first-order chi connectivity index (χ1) is 10.3. The lowest BCUT2D eigenvalue weighted by molar-refractivity contribution is -0.141. The van der Waals surface area contributed by atoms with Crippen molar-refractivity contribution in [2.75, 3.05) is 26.2 Å². The van der Waals surface area contributed by atoms with E-state index in [1.54, 1.807) is 0 Å². The number of aromatic nitrogens is 1. The van der Waals surface area contributed by atoms with E-state index < -0.39 is 21.9 Å². The SMILES string of the molecule is O=S(=O)(NCCCN1CC=CC1)c1ccc(C(F)(F)F)nc1. The van der Waals surface area contributed by atoms with Crippen LogP contribution in [-0.4, -0.2) is 44.5 Å². The molecule has 0 amide bonds. The maximum atomic E-state index is 12.4. The van der Waals surface area contributed by atoms with Crippen LogP contribution in [0.25, 0.3) is 0 Å². The van der Waals surface area contributed by atoms with Crippen LogP contribution in [0.3, 0.4) is 0 Å². The second-order valence-electron chi connectivity index (χ2n) is 4.86. The molecule has 1 aromatic heterocycles. The maximum Gasteiger partial charge on any atom is 0.433 e. The van der Waals surface area contributed by atoms with Gasteiger partial charge >= 0.3 is 6.18 Å². The predicted octanol–water partition coefficient (Wildman–Crippen LogP) is 1.64. The molecule has 0 aromatic carbocycles. The summed E-state index contributed by atoms with van der Waals surface area (Å²) in [4.78, 5) is 5.02. The first kappa shape index (κ1) is 16.9. The summed E-state index contributed by atoms with van der Waals surface area (Å²) >= 11 is 0. The Morgan fingerprint density at radius 3 is 2.45 bits per heavy atom. The molecule has 0 spiro atoms. The van der Waals surface area contributed by atoms with Crippen molar-refractivity contribution in [2.24, 2.45) is 0 Å². The average Bonchev–Trinajstić information content (AvgIpc) is 2.96. The minimum absolute atomic E-state index is 0.222. The number of pyridine rings is 1. The Labute approximate surface area is 126 Å².